The Labute approximate surface area is 202 Å². The van der Waals surface area contributed by atoms with Crippen LogP contribution in [0.2, 0.25) is 0 Å². The van der Waals surface area contributed by atoms with Gasteiger partial charge in [-0.3, -0.25) is 9.36 Å². The topological polar surface area (TPSA) is 54.6 Å². The highest BCUT2D eigenvalue weighted by atomic mass is 79.9. The van der Waals surface area contributed by atoms with Gasteiger partial charge in [0, 0.05) is 15.6 Å². The highest BCUT2D eigenvalue weighted by Gasteiger charge is 2.32. The van der Waals surface area contributed by atoms with Crippen LogP contribution in [0.1, 0.15) is 34.7 Å². The molecule has 0 radical (unpaired) electrons. The Bertz CT molecular complexity index is 1620. The van der Waals surface area contributed by atoms with Crippen molar-refractivity contribution in [3.8, 4) is 5.75 Å². The van der Waals surface area contributed by atoms with Gasteiger partial charge in [0.05, 0.1) is 16.3 Å². The van der Waals surface area contributed by atoms with Crippen molar-refractivity contribution in [1.29, 1.82) is 0 Å². The molecule has 0 amide bonds. The summed E-state index contributed by atoms with van der Waals surface area (Å²) < 4.78 is 3.22. The van der Waals surface area contributed by atoms with Crippen LogP contribution in [0.5, 0.6) is 5.75 Å². The fourth-order valence-corrected chi connectivity index (χ4v) is 6.11. The molecule has 6 heteroatoms. The number of benzene rings is 3. The number of aryl methyl sites for hydroxylation is 1. The maximum atomic E-state index is 13.7. The number of hydrogen-bond acceptors (Lipinski definition) is 4. The van der Waals surface area contributed by atoms with E-state index >= 15 is 0 Å². The van der Waals surface area contributed by atoms with Gasteiger partial charge in [-0.15, -0.1) is 0 Å². The lowest BCUT2D eigenvalue weighted by molar-refractivity contribution is 0.474. The van der Waals surface area contributed by atoms with E-state index in [0.717, 1.165) is 34.1 Å². The van der Waals surface area contributed by atoms with Crippen LogP contribution in [0.15, 0.2) is 92.6 Å². The quantitative estimate of drug-likeness (QED) is 0.418. The summed E-state index contributed by atoms with van der Waals surface area (Å²) in [7, 11) is 0. The minimum atomic E-state index is -0.191. The Morgan fingerprint density at radius 1 is 1.03 bits per heavy atom. The molecule has 0 saturated heterocycles. The SMILES string of the molecule is O=c1c(=Cc2cc(Br)ccc2O)sc2n1C(c1ccccc1)C1=C(N=2)c2ccccc2CC1. The normalized spacial score (nSPS) is 17.2. The average molecular weight is 515 g/mol. The number of phenols is 1. The summed E-state index contributed by atoms with van der Waals surface area (Å²) in [5.74, 6) is 0.136. The Hall–Kier alpha value is -3.22. The predicted octanol–water partition coefficient (Wildman–Crippen LogP) is 4.79. The van der Waals surface area contributed by atoms with E-state index in [-0.39, 0.29) is 17.4 Å². The highest BCUT2D eigenvalue weighted by Crippen LogP contribution is 2.41. The lowest BCUT2D eigenvalue weighted by Crippen LogP contribution is -2.38. The maximum Gasteiger partial charge on any atom is 0.271 e. The van der Waals surface area contributed by atoms with Crippen molar-refractivity contribution in [2.75, 3.05) is 0 Å². The van der Waals surface area contributed by atoms with Gasteiger partial charge >= 0.3 is 0 Å². The zero-order chi connectivity index (χ0) is 22.5. The van der Waals surface area contributed by atoms with Crippen LogP contribution in [0, 0.1) is 0 Å². The Morgan fingerprint density at radius 2 is 1.82 bits per heavy atom. The van der Waals surface area contributed by atoms with E-state index < -0.39 is 0 Å². The lowest BCUT2D eigenvalue weighted by Gasteiger charge is -2.30. The molecule has 1 aliphatic heterocycles. The molecule has 1 aliphatic carbocycles. The number of phenolic OH excluding ortho intramolecular Hbond substituents is 1. The van der Waals surface area contributed by atoms with Crippen LogP contribution in [0.4, 0.5) is 0 Å². The van der Waals surface area contributed by atoms with Crippen molar-refractivity contribution < 1.29 is 5.11 Å². The van der Waals surface area contributed by atoms with E-state index in [2.05, 4.69) is 46.3 Å². The number of thiazole rings is 1. The molecule has 2 heterocycles. The van der Waals surface area contributed by atoms with Gasteiger partial charge in [-0.1, -0.05) is 81.9 Å². The van der Waals surface area contributed by atoms with E-state index in [4.69, 9.17) is 4.99 Å². The molecule has 1 N–H and O–H groups in total. The molecular weight excluding hydrogens is 496 g/mol. The molecule has 4 aromatic rings. The fourth-order valence-electron chi connectivity index (χ4n) is 4.74. The third-order valence-electron chi connectivity index (χ3n) is 6.26. The zero-order valence-electron chi connectivity index (χ0n) is 17.5. The first-order valence-electron chi connectivity index (χ1n) is 10.8. The minimum absolute atomic E-state index is 0.0858. The molecule has 0 spiro atoms. The third-order valence-corrected chi connectivity index (χ3v) is 7.74. The molecule has 3 aromatic carbocycles. The van der Waals surface area contributed by atoms with E-state index in [1.54, 1.807) is 18.2 Å². The summed E-state index contributed by atoms with van der Waals surface area (Å²) >= 11 is 4.81. The standard InChI is InChI=1S/C27H19BrN2O2S/c28-19-11-13-22(31)18(14-19)15-23-26(32)30-25(17-7-2-1-3-8-17)21-12-10-16-6-4-5-9-20(16)24(21)29-27(30)33-23/h1-9,11,13-15,25,31H,10,12H2. The van der Waals surface area contributed by atoms with Crippen molar-refractivity contribution in [2.45, 2.75) is 18.9 Å². The lowest BCUT2D eigenvalue weighted by atomic mass is 9.83. The number of rotatable bonds is 2. The summed E-state index contributed by atoms with van der Waals surface area (Å²) in [6.07, 6.45) is 3.55. The molecule has 0 fully saturated rings. The molecule has 6 rings (SSSR count). The Morgan fingerprint density at radius 3 is 2.67 bits per heavy atom. The molecule has 33 heavy (non-hydrogen) atoms. The summed E-state index contributed by atoms with van der Waals surface area (Å²) in [5.41, 5.74) is 6.22. The summed E-state index contributed by atoms with van der Waals surface area (Å²) in [6, 6.07) is 23.6. The monoisotopic (exact) mass is 514 g/mol. The molecule has 1 aromatic heterocycles. The van der Waals surface area contributed by atoms with Crippen LogP contribution in [-0.2, 0) is 6.42 Å². The zero-order valence-corrected chi connectivity index (χ0v) is 19.9. The molecule has 0 saturated carbocycles. The summed E-state index contributed by atoms with van der Waals surface area (Å²) in [6.45, 7) is 0. The van der Waals surface area contributed by atoms with Gasteiger partial charge in [-0.25, -0.2) is 4.99 Å². The molecule has 162 valence electrons. The predicted molar refractivity (Wildman–Crippen MR) is 135 cm³/mol. The second-order valence-corrected chi connectivity index (χ2v) is 10.2. The maximum absolute atomic E-state index is 13.7. The van der Waals surface area contributed by atoms with Crippen molar-refractivity contribution in [2.24, 2.45) is 4.99 Å². The molecular formula is C27H19BrN2O2S. The number of hydrogen-bond donors (Lipinski definition) is 1. The molecule has 2 aliphatic rings. The van der Waals surface area contributed by atoms with E-state index in [1.165, 1.54) is 22.5 Å². The molecule has 0 bridgehead atoms. The van der Waals surface area contributed by atoms with E-state index in [9.17, 15) is 9.90 Å². The second kappa shape index (κ2) is 7.97. The second-order valence-electron chi connectivity index (χ2n) is 8.23. The first kappa shape index (κ1) is 20.4. The van der Waals surface area contributed by atoms with Crippen LogP contribution in [-0.4, -0.2) is 9.67 Å². The fraction of sp³-hybridized carbons (Fsp3) is 0.111. The minimum Gasteiger partial charge on any atom is -0.507 e. The number of halogens is 1. The largest absolute Gasteiger partial charge is 0.507 e. The van der Waals surface area contributed by atoms with Crippen LogP contribution in [0.3, 0.4) is 0 Å². The number of fused-ring (bicyclic) bond motifs is 3. The van der Waals surface area contributed by atoms with Gasteiger partial charge in [-0.2, -0.15) is 0 Å². The molecule has 1 unspecified atom stereocenters. The Balaban J connectivity index is 1.64. The first-order chi connectivity index (χ1) is 16.1. The number of nitrogens with zero attached hydrogens (tertiary/aromatic N) is 2. The first-order valence-corrected chi connectivity index (χ1v) is 12.4. The van der Waals surface area contributed by atoms with Crippen LogP contribution >= 0.6 is 27.3 Å². The Kier molecular flexibility index (Phi) is 4.93. The van der Waals surface area contributed by atoms with E-state index in [0.29, 0.717) is 14.9 Å². The molecule has 1 atom stereocenters. The third kappa shape index (κ3) is 3.41. The number of allylic oxidation sites excluding steroid dienone is 1. The van der Waals surface area contributed by atoms with Crippen molar-refractivity contribution in [1.82, 2.24) is 4.57 Å². The van der Waals surface area contributed by atoms with Gasteiger partial charge in [0.15, 0.2) is 4.80 Å². The van der Waals surface area contributed by atoms with Gasteiger partial charge in [0.2, 0.25) is 0 Å². The average Bonchev–Trinajstić information content (AvgIpc) is 3.15. The van der Waals surface area contributed by atoms with Crippen LogP contribution < -0.4 is 14.9 Å². The van der Waals surface area contributed by atoms with Crippen molar-refractivity contribution in [3.05, 3.63) is 125 Å². The summed E-state index contributed by atoms with van der Waals surface area (Å²) in [4.78, 5) is 19.4. The molecule has 4 nitrogen and oxygen atoms in total. The van der Waals surface area contributed by atoms with Gasteiger partial charge in [0.1, 0.15) is 5.75 Å². The number of aromatic hydroxyl groups is 1. The number of aromatic nitrogens is 1. The van der Waals surface area contributed by atoms with Gasteiger partial charge < -0.3 is 5.11 Å². The van der Waals surface area contributed by atoms with Crippen molar-refractivity contribution in [3.63, 3.8) is 0 Å². The highest BCUT2D eigenvalue weighted by molar-refractivity contribution is 9.10. The van der Waals surface area contributed by atoms with E-state index in [1.807, 2.05) is 34.9 Å². The van der Waals surface area contributed by atoms with Gasteiger partial charge in [-0.05, 0) is 53.8 Å². The van der Waals surface area contributed by atoms with Crippen molar-refractivity contribution >= 4 is 39.0 Å². The summed E-state index contributed by atoms with van der Waals surface area (Å²) in [5, 5.41) is 10.3. The van der Waals surface area contributed by atoms with Gasteiger partial charge in [0.25, 0.3) is 5.56 Å². The smallest absolute Gasteiger partial charge is 0.271 e. The van der Waals surface area contributed by atoms with Crippen LogP contribution in [0.25, 0.3) is 11.8 Å².